The highest BCUT2D eigenvalue weighted by molar-refractivity contribution is 7.99. The first-order valence-electron chi connectivity index (χ1n) is 10.3. The number of hydrogen-bond acceptors (Lipinski definition) is 7. The van der Waals surface area contributed by atoms with Gasteiger partial charge in [-0.25, -0.2) is 0 Å². The molecule has 174 valence electrons. The van der Waals surface area contributed by atoms with Gasteiger partial charge in [0.2, 0.25) is 11.7 Å². The number of methoxy groups -OCH3 is 3. The largest absolute Gasteiger partial charge is 0.493 e. The first-order valence-corrected chi connectivity index (χ1v) is 11.2. The van der Waals surface area contributed by atoms with Crippen molar-refractivity contribution in [1.82, 2.24) is 14.8 Å². The van der Waals surface area contributed by atoms with Crippen LogP contribution >= 0.6 is 11.8 Å². The predicted molar refractivity (Wildman–Crippen MR) is 131 cm³/mol. The zero-order valence-electron chi connectivity index (χ0n) is 19.5. The van der Waals surface area contributed by atoms with Crippen molar-refractivity contribution in [2.75, 3.05) is 32.4 Å². The average Bonchev–Trinajstić information content (AvgIpc) is 3.22. The van der Waals surface area contributed by atoms with Crippen molar-refractivity contribution in [2.24, 2.45) is 0 Å². The van der Waals surface area contributed by atoms with Crippen molar-refractivity contribution in [1.29, 1.82) is 0 Å². The van der Waals surface area contributed by atoms with Crippen molar-refractivity contribution in [3.05, 3.63) is 54.1 Å². The van der Waals surface area contributed by atoms with E-state index in [1.807, 2.05) is 48.7 Å². The molecule has 1 N–H and O–H groups in total. The van der Waals surface area contributed by atoms with E-state index in [2.05, 4.69) is 22.1 Å². The molecule has 2 aromatic carbocycles. The van der Waals surface area contributed by atoms with Gasteiger partial charge < -0.3 is 19.5 Å². The van der Waals surface area contributed by atoms with E-state index >= 15 is 0 Å². The first-order chi connectivity index (χ1) is 15.9. The molecule has 0 aliphatic heterocycles. The molecule has 0 aliphatic rings. The molecule has 0 spiro atoms. The number of carbonyl (C=O) groups excluding carboxylic acids is 1. The lowest BCUT2D eigenvalue weighted by atomic mass is 10.1. The highest BCUT2D eigenvalue weighted by Crippen LogP contribution is 2.41. The molecule has 0 saturated carbocycles. The number of nitrogens with zero attached hydrogens (tertiary/aromatic N) is 3. The monoisotopic (exact) mass is 468 g/mol. The minimum atomic E-state index is -0.115. The van der Waals surface area contributed by atoms with Gasteiger partial charge in [0.25, 0.3) is 0 Å². The third kappa shape index (κ3) is 5.31. The highest BCUT2D eigenvalue weighted by Gasteiger charge is 2.20. The SMILES string of the molecule is C=CCn1c(SCC(=O)Nc2cccc(C)c2C)nnc1-c1cc(OC)c(OC)c(OC)c1. The first kappa shape index (κ1) is 24.2. The summed E-state index contributed by atoms with van der Waals surface area (Å²) in [4.78, 5) is 12.6. The third-order valence-electron chi connectivity index (χ3n) is 5.16. The van der Waals surface area contributed by atoms with Crippen LogP contribution in [0, 0.1) is 13.8 Å². The summed E-state index contributed by atoms with van der Waals surface area (Å²) in [6.45, 7) is 8.32. The highest BCUT2D eigenvalue weighted by atomic mass is 32.2. The lowest BCUT2D eigenvalue weighted by molar-refractivity contribution is -0.113. The summed E-state index contributed by atoms with van der Waals surface area (Å²) in [6.07, 6.45) is 1.76. The molecule has 0 fully saturated rings. The topological polar surface area (TPSA) is 87.5 Å². The Morgan fingerprint density at radius 3 is 2.42 bits per heavy atom. The minimum Gasteiger partial charge on any atom is -0.493 e. The maximum Gasteiger partial charge on any atom is 0.234 e. The van der Waals surface area contributed by atoms with Crippen LogP contribution in [0.4, 0.5) is 5.69 Å². The fraction of sp³-hybridized carbons (Fsp3) is 0.292. The number of benzene rings is 2. The van der Waals surface area contributed by atoms with Gasteiger partial charge >= 0.3 is 0 Å². The normalized spacial score (nSPS) is 10.6. The Kier molecular flexibility index (Phi) is 8.00. The van der Waals surface area contributed by atoms with E-state index in [1.54, 1.807) is 27.4 Å². The van der Waals surface area contributed by atoms with Crippen molar-refractivity contribution in [2.45, 2.75) is 25.5 Å². The molecule has 0 bridgehead atoms. The molecule has 0 radical (unpaired) electrons. The number of nitrogens with one attached hydrogen (secondary N) is 1. The van der Waals surface area contributed by atoms with E-state index in [1.165, 1.54) is 11.8 Å². The molecule has 9 heteroatoms. The zero-order valence-corrected chi connectivity index (χ0v) is 20.3. The van der Waals surface area contributed by atoms with Gasteiger partial charge in [-0.1, -0.05) is 30.0 Å². The Bertz CT molecular complexity index is 1130. The van der Waals surface area contributed by atoms with Crippen LogP contribution in [-0.4, -0.2) is 47.8 Å². The summed E-state index contributed by atoms with van der Waals surface area (Å²) < 4.78 is 18.2. The van der Waals surface area contributed by atoms with E-state index in [0.717, 1.165) is 22.4 Å². The maximum absolute atomic E-state index is 12.6. The summed E-state index contributed by atoms with van der Waals surface area (Å²) >= 11 is 1.31. The van der Waals surface area contributed by atoms with Crippen molar-refractivity contribution in [3.8, 4) is 28.6 Å². The Morgan fingerprint density at radius 2 is 1.82 bits per heavy atom. The second kappa shape index (κ2) is 10.9. The molecule has 1 aromatic heterocycles. The van der Waals surface area contributed by atoms with E-state index in [0.29, 0.717) is 34.8 Å². The van der Waals surface area contributed by atoms with Gasteiger partial charge in [0.15, 0.2) is 22.5 Å². The molecule has 33 heavy (non-hydrogen) atoms. The molecule has 0 atom stereocenters. The molecule has 1 heterocycles. The summed E-state index contributed by atoms with van der Waals surface area (Å²) in [5.41, 5.74) is 3.73. The van der Waals surface area contributed by atoms with Crippen LogP contribution in [0.1, 0.15) is 11.1 Å². The lowest BCUT2D eigenvalue weighted by Crippen LogP contribution is -2.15. The standard InChI is InChI=1S/C24H28N4O4S/c1-7-11-28-23(17-12-19(30-4)22(32-6)20(13-17)31-5)26-27-24(28)33-14-21(29)25-18-10-8-9-15(2)16(18)3/h7-10,12-13H,1,11,14H2,2-6H3,(H,25,29). The summed E-state index contributed by atoms with van der Waals surface area (Å²) in [5.74, 6) is 2.21. The molecule has 3 aromatic rings. The van der Waals surface area contributed by atoms with Crippen LogP contribution < -0.4 is 19.5 Å². The van der Waals surface area contributed by atoms with Gasteiger partial charge in [-0.05, 0) is 43.2 Å². The minimum absolute atomic E-state index is 0.115. The van der Waals surface area contributed by atoms with Crippen LogP contribution in [0.15, 0.2) is 48.1 Å². The van der Waals surface area contributed by atoms with Gasteiger partial charge in [0, 0.05) is 17.8 Å². The smallest absolute Gasteiger partial charge is 0.234 e. The van der Waals surface area contributed by atoms with Gasteiger partial charge in [0.05, 0.1) is 27.1 Å². The number of carbonyl (C=O) groups is 1. The van der Waals surface area contributed by atoms with Gasteiger partial charge in [0.1, 0.15) is 0 Å². The summed E-state index contributed by atoms with van der Waals surface area (Å²) in [7, 11) is 4.68. The van der Waals surface area contributed by atoms with E-state index in [4.69, 9.17) is 14.2 Å². The van der Waals surface area contributed by atoms with E-state index in [9.17, 15) is 4.79 Å². The summed E-state index contributed by atoms with van der Waals surface area (Å²) in [5, 5.41) is 12.2. The number of aryl methyl sites for hydroxylation is 1. The van der Waals surface area contributed by atoms with E-state index < -0.39 is 0 Å². The lowest BCUT2D eigenvalue weighted by Gasteiger charge is -2.14. The fourth-order valence-corrected chi connectivity index (χ4v) is 4.06. The van der Waals surface area contributed by atoms with Gasteiger partial charge in [-0.15, -0.1) is 16.8 Å². The van der Waals surface area contributed by atoms with Crippen LogP contribution in [0.25, 0.3) is 11.4 Å². The fourth-order valence-electron chi connectivity index (χ4n) is 3.32. The van der Waals surface area contributed by atoms with Crippen molar-refractivity contribution < 1.29 is 19.0 Å². The second-order valence-corrected chi connectivity index (χ2v) is 8.15. The Hall–Kier alpha value is -3.46. The van der Waals surface area contributed by atoms with E-state index in [-0.39, 0.29) is 11.7 Å². The molecular formula is C24H28N4O4S. The Morgan fingerprint density at radius 1 is 1.12 bits per heavy atom. The second-order valence-electron chi connectivity index (χ2n) is 7.20. The number of anilines is 1. The quantitative estimate of drug-likeness (QED) is 0.346. The molecule has 1 amide bonds. The zero-order chi connectivity index (χ0) is 24.0. The number of hydrogen-bond donors (Lipinski definition) is 1. The molecule has 3 rings (SSSR count). The summed E-state index contributed by atoms with van der Waals surface area (Å²) in [6, 6.07) is 9.46. The molecule has 0 unspecified atom stereocenters. The number of aromatic nitrogens is 3. The van der Waals surface area contributed by atoms with Crippen LogP contribution in [0.5, 0.6) is 17.2 Å². The van der Waals surface area contributed by atoms with Gasteiger partial charge in [-0.3, -0.25) is 9.36 Å². The number of rotatable bonds is 10. The third-order valence-corrected chi connectivity index (χ3v) is 6.13. The molecular weight excluding hydrogens is 440 g/mol. The Balaban J connectivity index is 1.85. The number of allylic oxidation sites excluding steroid dienone is 1. The number of ether oxygens (including phenoxy) is 3. The average molecular weight is 469 g/mol. The number of amides is 1. The molecule has 8 nitrogen and oxygen atoms in total. The molecule has 0 aliphatic carbocycles. The van der Waals surface area contributed by atoms with Crippen LogP contribution in [0.3, 0.4) is 0 Å². The van der Waals surface area contributed by atoms with Crippen molar-refractivity contribution >= 4 is 23.4 Å². The molecule has 0 saturated heterocycles. The van der Waals surface area contributed by atoms with Crippen LogP contribution in [-0.2, 0) is 11.3 Å². The number of thioether (sulfide) groups is 1. The predicted octanol–water partition coefficient (Wildman–Crippen LogP) is 4.50. The maximum atomic E-state index is 12.6. The van der Waals surface area contributed by atoms with Gasteiger partial charge in [-0.2, -0.15) is 0 Å². The Labute approximate surface area is 198 Å². The van der Waals surface area contributed by atoms with Crippen molar-refractivity contribution in [3.63, 3.8) is 0 Å². The van der Waals surface area contributed by atoms with Crippen LogP contribution in [0.2, 0.25) is 0 Å².